The normalized spacial score (nSPS) is 11.1. The van der Waals surface area contributed by atoms with Crippen molar-refractivity contribution >= 4 is 22.7 Å². The highest BCUT2D eigenvalue weighted by molar-refractivity contribution is 6.03. The number of nitrogens with zero attached hydrogens (tertiary/aromatic N) is 3. The molecule has 142 valence electrons. The van der Waals surface area contributed by atoms with Gasteiger partial charge in [0.25, 0.3) is 5.91 Å². The summed E-state index contributed by atoms with van der Waals surface area (Å²) in [5.74, 6) is 0.332. The number of aromatic nitrogens is 3. The zero-order valence-corrected chi connectivity index (χ0v) is 15.7. The summed E-state index contributed by atoms with van der Waals surface area (Å²) in [6, 6.07) is 15.0. The van der Waals surface area contributed by atoms with E-state index in [1.54, 1.807) is 24.1 Å². The lowest BCUT2D eigenvalue weighted by Gasteiger charge is -2.08. The average Bonchev–Trinajstić information content (AvgIpc) is 3.34. The van der Waals surface area contributed by atoms with Crippen molar-refractivity contribution in [2.45, 2.75) is 13.5 Å². The van der Waals surface area contributed by atoms with Crippen LogP contribution in [0.15, 0.2) is 59.1 Å². The molecule has 0 aliphatic rings. The molecule has 7 heteroatoms. The van der Waals surface area contributed by atoms with Crippen LogP contribution in [-0.2, 0) is 11.3 Å². The molecular formula is C21H20N4O3. The van der Waals surface area contributed by atoms with E-state index >= 15 is 0 Å². The number of hydrogen-bond acceptors (Lipinski definition) is 5. The minimum Gasteiger partial charge on any atom is -0.436 e. The number of para-hydroxylation sites is 1. The van der Waals surface area contributed by atoms with Crippen LogP contribution in [0.4, 0.5) is 5.69 Å². The zero-order chi connectivity index (χ0) is 19.5. The fourth-order valence-electron chi connectivity index (χ4n) is 2.98. The maximum absolute atomic E-state index is 12.5. The van der Waals surface area contributed by atoms with E-state index in [1.165, 1.54) is 0 Å². The van der Waals surface area contributed by atoms with Crippen LogP contribution in [0.5, 0.6) is 0 Å². The van der Waals surface area contributed by atoms with E-state index in [9.17, 15) is 4.79 Å². The van der Waals surface area contributed by atoms with Crippen molar-refractivity contribution in [3.8, 4) is 11.5 Å². The minimum absolute atomic E-state index is 0.223. The van der Waals surface area contributed by atoms with Crippen molar-refractivity contribution < 1.29 is 13.9 Å². The first-order chi connectivity index (χ1) is 13.7. The van der Waals surface area contributed by atoms with Gasteiger partial charge in [0.05, 0.1) is 13.2 Å². The van der Waals surface area contributed by atoms with E-state index in [-0.39, 0.29) is 5.91 Å². The largest absolute Gasteiger partial charge is 0.436 e. The lowest BCUT2D eigenvalue weighted by Crippen LogP contribution is -2.19. The van der Waals surface area contributed by atoms with Crippen molar-refractivity contribution in [2.24, 2.45) is 0 Å². The third kappa shape index (κ3) is 3.52. The van der Waals surface area contributed by atoms with Crippen LogP contribution in [0.1, 0.15) is 16.1 Å². The zero-order valence-electron chi connectivity index (χ0n) is 15.7. The Kier molecular flexibility index (Phi) is 4.90. The molecular weight excluding hydrogens is 356 g/mol. The number of fused-ring (bicyclic) bond motifs is 1. The Morgan fingerprint density at radius 1 is 1.18 bits per heavy atom. The topological polar surface area (TPSA) is 82.2 Å². The second kappa shape index (κ2) is 7.66. The summed E-state index contributed by atoms with van der Waals surface area (Å²) >= 11 is 0. The third-order valence-electron chi connectivity index (χ3n) is 4.46. The van der Waals surface area contributed by atoms with E-state index in [2.05, 4.69) is 15.4 Å². The molecule has 0 unspecified atom stereocenters. The molecule has 4 rings (SSSR count). The Morgan fingerprint density at radius 3 is 2.75 bits per heavy atom. The van der Waals surface area contributed by atoms with Gasteiger partial charge in [-0.15, -0.1) is 0 Å². The molecule has 1 N–H and O–H groups in total. The molecule has 0 radical (unpaired) electrons. The number of oxazole rings is 1. The summed E-state index contributed by atoms with van der Waals surface area (Å²) in [6.45, 7) is 3.00. The molecule has 4 aromatic rings. The molecule has 0 fully saturated rings. The van der Waals surface area contributed by atoms with Gasteiger partial charge in [0.15, 0.2) is 5.58 Å². The van der Waals surface area contributed by atoms with E-state index in [1.807, 2.05) is 49.4 Å². The predicted octanol–water partition coefficient (Wildman–Crippen LogP) is 3.90. The van der Waals surface area contributed by atoms with Crippen LogP contribution in [0.3, 0.4) is 0 Å². The van der Waals surface area contributed by atoms with Crippen molar-refractivity contribution in [1.29, 1.82) is 0 Å². The average molecular weight is 376 g/mol. The van der Waals surface area contributed by atoms with Crippen LogP contribution in [0.25, 0.3) is 22.6 Å². The number of methoxy groups -OCH3 is 1. The van der Waals surface area contributed by atoms with Crippen LogP contribution in [-0.4, -0.2) is 34.4 Å². The van der Waals surface area contributed by atoms with Crippen LogP contribution in [0.2, 0.25) is 0 Å². The van der Waals surface area contributed by atoms with Gasteiger partial charge < -0.3 is 14.5 Å². The Hall–Kier alpha value is -3.45. The second-order valence-electron chi connectivity index (χ2n) is 6.41. The SMILES string of the molecule is COCCn1nccc1C(=O)Nc1ccc(-c2nc3cccc(C)c3o2)cc1. The van der Waals surface area contributed by atoms with E-state index in [0.29, 0.717) is 30.4 Å². The van der Waals surface area contributed by atoms with E-state index in [0.717, 1.165) is 22.2 Å². The van der Waals surface area contributed by atoms with Crippen molar-refractivity contribution in [3.05, 3.63) is 66.0 Å². The van der Waals surface area contributed by atoms with Crippen LogP contribution in [0, 0.1) is 6.92 Å². The molecule has 0 spiro atoms. The van der Waals surface area contributed by atoms with Crippen LogP contribution >= 0.6 is 0 Å². The molecule has 0 atom stereocenters. The lowest BCUT2D eigenvalue weighted by molar-refractivity contribution is 0.101. The van der Waals surface area contributed by atoms with Gasteiger partial charge in [-0.2, -0.15) is 5.10 Å². The van der Waals surface area contributed by atoms with Crippen molar-refractivity contribution in [1.82, 2.24) is 14.8 Å². The van der Waals surface area contributed by atoms with Crippen molar-refractivity contribution in [3.63, 3.8) is 0 Å². The molecule has 2 heterocycles. The summed E-state index contributed by atoms with van der Waals surface area (Å²) in [6.07, 6.45) is 1.60. The number of carbonyl (C=O) groups is 1. The fraction of sp³-hybridized carbons (Fsp3) is 0.190. The molecule has 2 aromatic carbocycles. The monoisotopic (exact) mass is 376 g/mol. The van der Waals surface area contributed by atoms with E-state index in [4.69, 9.17) is 9.15 Å². The number of benzene rings is 2. The number of amides is 1. The molecule has 2 aromatic heterocycles. The smallest absolute Gasteiger partial charge is 0.273 e. The molecule has 0 saturated carbocycles. The maximum Gasteiger partial charge on any atom is 0.273 e. The molecule has 28 heavy (non-hydrogen) atoms. The van der Waals surface area contributed by atoms with Gasteiger partial charge in [0, 0.05) is 24.6 Å². The molecule has 1 amide bonds. The molecule has 0 aliphatic carbocycles. The van der Waals surface area contributed by atoms with Gasteiger partial charge in [-0.05, 0) is 48.9 Å². The Balaban J connectivity index is 1.51. The second-order valence-corrected chi connectivity index (χ2v) is 6.41. The Morgan fingerprint density at radius 2 is 2.00 bits per heavy atom. The highest BCUT2D eigenvalue weighted by Crippen LogP contribution is 2.27. The quantitative estimate of drug-likeness (QED) is 0.552. The number of nitrogens with one attached hydrogen (secondary N) is 1. The number of aryl methyl sites for hydroxylation is 1. The summed E-state index contributed by atoms with van der Waals surface area (Å²) in [5.41, 5.74) is 4.68. The third-order valence-corrected chi connectivity index (χ3v) is 4.46. The molecule has 0 saturated heterocycles. The fourth-order valence-corrected chi connectivity index (χ4v) is 2.98. The highest BCUT2D eigenvalue weighted by Gasteiger charge is 2.13. The molecule has 7 nitrogen and oxygen atoms in total. The van der Waals surface area contributed by atoms with Gasteiger partial charge in [-0.3, -0.25) is 9.48 Å². The minimum atomic E-state index is -0.223. The Bertz CT molecular complexity index is 1110. The predicted molar refractivity (Wildman–Crippen MR) is 106 cm³/mol. The summed E-state index contributed by atoms with van der Waals surface area (Å²) in [5, 5.41) is 7.04. The molecule has 0 aliphatic heterocycles. The Labute approximate surface area is 161 Å². The summed E-state index contributed by atoms with van der Waals surface area (Å²) in [7, 11) is 1.61. The number of hydrogen-bond donors (Lipinski definition) is 1. The van der Waals surface area contributed by atoms with Gasteiger partial charge >= 0.3 is 0 Å². The number of rotatable bonds is 6. The standard InChI is InChI=1S/C21H20N4O3/c1-14-4-3-5-17-19(14)28-21(24-17)15-6-8-16(9-7-15)23-20(26)18-10-11-22-25(18)12-13-27-2/h3-11H,12-13H2,1-2H3,(H,23,26). The van der Waals surface area contributed by atoms with E-state index < -0.39 is 0 Å². The molecule has 0 bridgehead atoms. The van der Waals surface area contributed by atoms with Gasteiger partial charge in [0.1, 0.15) is 11.2 Å². The number of carbonyl (C=O) groups excluding carboxylic acids is 1. The van der Waals surface area contributed by atoms with Gasteiger partial charge in [-0.1, -0.05) is 12.1 Å². The first kappa shape index (κ1) is 17.9. The van der Waals surface area contributed by atoms with Crippen molar-refractivity contribution in [2.75, 3.05) is 19.0 Å². The van der Waals surface area contributed by atoms with Crippen LogP contribution < -0.4 is 5.32 Å². The first-order valence-electron chi connectivity index (χ1n) is 8.94. The number of anilines is 1. The maximum atomic E-state index is 12.5. The van der Waals surface area contributed by atoms with Gasteiger partial charge in [-0.25, -0.2) is 4.98 Å². The van der Waals surface area contributed by atoms with Gasteiger partial charge in [0.2, 0.25) is 5.89 Å². The highest BCUT2D eigenvalue weighted by atomic mass is 16.5. The number of ether oxygens (including phenoxy) is 1. The lowest BCUT2D eigenvalue weighted by atomic mass is 10.2. The summed E-state index contributed by atoms with van der Waals surface area (Å²) in [4.78, 5) is 17.1. The first-order valence-corrected chi connectivity index (χ1v) is 8.94. The summed E-state index contributed by atoms with van der Waals surface area (Å²) < 4.78 is 12.6.